The normalized spacial score (nSPS) is 13.9. The van der Waals surface area contributed by atoms with E-state index in [1.54, 1.807) is 0 Å². The Morgan fingerprint density at radius 1 is 0.913 bits per heavy atom. The second-order valence-corrected chi connectivity index (χ2v) is 5.87. The third-order valence-electron chi connectivity index (χ3n) is 3.90. The molecule has 1 unspecified atom stereocenters. The summed E-state index contributed by atoms with van der Waals surface area (Å²) in [6.45, 7) is 2.10. The van der Waals surface area contributed by atoms with E-state index in [1.807, 2.05) is 0 Å². The Morgan fingerprint density at radius 3 is 1.96 bits per heavy atom. The Labute approximate surface area is 134 Å². The van der Waals surface area contributed by atoms with Crippen LogP contribution < -0.4 is 0 Å². The first-order valence-corrected chi connectivity index (χ1v) is 8.18. The minimum absolute atomic E-state index is 0.00664. The maximum atomic E-state index is 12.8. The minimum atomic E-state index is -5.53. The van der Waals surface area contributed by atoms with Crippen LogP contribution in [0.1, 0.15) is 71.1 Å². The zero-order chi connectivity index (χ0) is 17.9. The molecular weight excluding hydrogens is 319 g/mol. The average molecular weight is 346 g/mol. The summed E-state index contributed by atoms with van der Waals surface area (Å²) in [6.07, 6.45) is -0.638. The fraction of sp³-hybridized carbons (Fsp3) is 0.938. The van der Waals surface area contributed by atoms with Crippen LogP contribution in [0.4, 0.5) is 22.0 Å². The first-order valence-electron chi connectivity index (χ1n) is 8.18. The van der Waals surface area contributed by atoms with Crippen molar-refractivity contribution in [1.82, 2.24) is 0 Å². The molecule has 0 bridgehead atoms. The highest BCUT2D eigenvalue weighted by atomic mass is 19.4. The lowest BCUT2D eigenvalue weighted by Gasteiger charge is -2.20. The van der Waals surface area contributed by atoms with Crippen molar-refractivity contribution in [1.29, 1.82) is 0 Å². The van der Waals surface area contributed by atoms with E-state index in [4.69, 9.17) is 0 Å². The molecule has 0 saturated heterocycles. The lowest BCUT2D eigenvalue weighted by atomic mass is 9.94. The summed E-state index contributed by atoms with van der Waals surface area (Å²) in [6, 6.07) is 0. The number of carbonyl (C=O) groups is 1. The first-order chi connectivity index (χ1) is 10.7. The van der Waals surface area contributed by atoms with Crippen molar-refractivity contribution >= 4 is 5.97 Å². The molecule has 0 aliphatic carbocycles. The molecule has 0 aromatic rings. The molecule has 0 spiro atoms. The highest BCUT2D eigenvalue weighted by molar-refractivity contribution is 5.72. The summed E-state index contributed by atoms with van der Waals surface area (Å²) in [7, 11) is 1.20. The number of halogens is 5. The molecule has 138 valence electrons. The molecule has 0 fully saturated rings. The Balaban J connectivity index is 4.19. The Hall–Kier alpha value is -0.880. The molecule has 0 radical (unpaired) electrons. The van der Waals surface area contributed by atoms with Gasteiger partial charge in [-0.05, 0) is 19.3 Å². The third kappa shape index (κ3) is 9.11. The monoisotopic (exact) mass is 346 g/mol. The van der Waals surface area contributed by atoms with Gasteiger partial charge in [-0.1, -0.05) is 45.4 Å². The van der Waals surface area contributed by atoms with E-state index in [2.05, 4.69) is 11.7 Å². The highest BCUT2D eigenvalue weighted by Crippen LogP contribution is 2.39. The standard InChI is InChI=1S/C16H27F5O2/c1-3-4-5-6-7-8-10-13(14(22)23-2)11-9-12-15(17,18)16(19,20)21/h13H,3-12H2,1-2H3. The van der Waals surface area contributed by atoms with Crippen molar-refractivity contribution in [2.75, 3.05) is 7.11 Å². The predicted molar refractivity (Wildman–Crippen MR) is 78.4 cm³/mol. The Kier molecular flexibility index (Phi) is 10.4. The molecule has 0 heterocycles. The summed E-state index contributed by atoms with van der Waals surface area (Å²) >= 11 is 0. The van der Waals surface area contributed by atoms with E-state index in [1.165, 1.54) is 7.11 Å². The van der Waals surface area contributed by atoms with Crippen LogP contribution in [0.3, 0.4) is 0 Å². The lowest BCUT2D eigenvalue weighted by molar-refractivity contribution is -0.284. The molecule has 0 rings (SSSR count). The van der Waals surface area contributed by atoms with Gasteiger partial charge >= 0.3 is 18.1 Å². The summed E-state index contributed by atoms with van der Waals surface area (Å²) in [5, 5.41) is 0. The number of rotatable bonds is 12. The number of methoxy groups -OCH3 is 1. The molecule has 23 heavy (non-hydrogen) atoms. The van der Waals surface area contributed by atoms with Gasteiger partial charge in [0, 0.05) is 6.42 Å². The van der Waals surface area contributed by atoms with Crippen LogP contribution in [-0.2, 0) is 9.53 Å². The van der Waals surface area contributed by atoms with E-state index in [0.29, 0.717) is 6.42 Å². The number of alkyl halides is 5. The smallest absolute Gasteiger partial charge is 0.453 e. The topological polar surface area (TPSA) is 26.3 Å². The van der Waals surface area contributed by atoms with Crippen molar-refractivity contribution in [2.45, 2.75) is 83.2 Å². The molecule has 7 heteroatoms. The van der Waals surface area contributed by atoms with Gasteiger partial charge in [-0.2, -0.15) is 22.0 Å². The van der Waals surface area contributed by atoms with Gasteiger partial charge in [0.2, 0.25) is 0 Å². The van der Waals surface area contributed by atoms with E-state index in [9.17, 15) is 26.7 Å². The molecule has 0 aliphatic heterocycles. The van der Waals surface area contributed by atoms with E-state index >= 15 is 0 Å². The lowest BCUT2D eigenvalue weighted by Crippen LogP contribution is -2.36. The van der Waals surface area contributed by atoms with Gasteiger partial charge in [0.25, 0.3) is 0 Å². The van der Waals surface area contributed by atoms with Crippen LogP contribution in [-0.4, -0.2) is 25.2 Å². The van der Waals surface area contributed by atoms with E-state index in [0.717, 1.165) is 38.5 Å². The molecule has 0 amide bonds. The largest absolute Gasteiger partial charge is 0.469 e. The molecule has 0 aromatic carbocycles. The maximum Gasteiger partial charge on any atom is 0.453 e. The van der Waals surface area contributed by atoms with Gasteiger partial charge in [-0.15, -0.1) is 0 Å². The molecule has 1 atom stereocenters. The van der Waals surface area contributed by atoms with Crippen LogP contribution in [0.25, 0.3) is 0 Å². The summed E-state index contributed by atoms with van der Waals surface area (Å²) in [5.74, 6) is -5.84. The second-order valence-electron chi connectivity index (χ2n) is 5.87. The molecule has 2 nitrogen and oxygen atoms in total. The minimum Gasteiger partial charge on any atom is -0.469 e. The zero-order valence-corrected chi connectivity index (χ0v) is 13.9. The summed E-state index contributed by atoms with van der Waals surface area (Å²) < 4.78 is 66.6. The summed E-state index contributed by atoms with van der Waals surface area (Å²) in [5.41, 5.74) is 0. The van der Waals surface area contributed by atoms with E-state index < -0.39 is 30.4 Å². The average Bonchev–Trinajstić information content (AvgIpc) is 2.46. The third-order valence-corrected chi connectivity index (χ3v) is 3.90. The number of esters is 1. The van der Waals surface area contributed by atoms with Crippen molar-refractivity contribution in [3.8, 4) is 0 Å². The van der Waals surface area contributed by atoms with Crippen molar-refractivity contribution in [3.63, 3.8) is 0 Å². The quantitative estimate of drug-likeness (QED) is 0.250. The molecule has 0 N–H and O–H groups in total. The Morgan fingerprint density at radius 2 is 1.43 bits per heavy atom. The van der Waals surface area contributed by atoms with Crippen molar-refractivity contribution in [3.05, 3.63) is 0 Å². The van der Waals surface area contributed by atoms with Crippen LogP contribution in [0.5, 0.6) is 0 Å². The van der Waals surface area contributed by atoms with E-state index in [-0.39, 0.29) is 12.8 Å². The zero-order valence-electron chi connectivity index (χ0n) is 13.9. The molecule has 0 aliphatic rings. The van der Waals surface area contributed by atoms with Gasteiger partial charge in [-0.25, -0.2) is 0 Å². The van der Waals surface area contributed by atoms with Gasteiger partial charge in [-0.3, -0.25) is 4.79 Å². The van der Waals surface area contributed by atoms with Gasteiger partial charge in [0.15, 0.2) is 0 Å². The van der Waals surface area contributed by atoms with Gasteiger partial charge < -0.3 is 4.74 Å². The highest BCUT2D eigenvalue weighted by Gasteiger charge is 2.56. The SMILES string of the molecule is CCCCCCCCC(CCCC(F)(F)C(F)(F)F)C(=O)OC. The first kappa shape index (κ1) is 22.1. The van der Waals surface area contributed by atoms with Crippen LogP contribution >= 0.6 is 0 Å². The number of ether oxygens (including phenoxy) is 1. The fourth-order valence-corrected chi connectivity index (χ4v) is 2.43. The number of hydrogen-bond acceptors (Lipinski definition) is 2. The number of carbonyl (C=O) groups excluding carboxylic acids is 1. The van der Waals surface area contributed by atoms with Crippen LogP contribution in [0.15, 0.2) is 0 Å². The molecule has 0 aromatic heterocycles. The van der Waals surface area contributed by atoms with Crippen LogP contribution in [0, 0.1) is 5.92 Å². The van der Waals surface area contributed by atoms with Crippen molar-refractivity contribution in [2.24, 2.45) is 5.92 Å². The van der Waals surface area contributed by atoms with Gasteiger partial charge in [0.1, 0.15) is 0 Å². The number of unbranched alkanes of at least 4 members (excludes halogenated alkanes) is 5. The number of hydrogen-bond donors (Lipinski definition) is 0. The van der Waals surface area contributed by atoms with Gasteiger partial charge in [0.05, 0.1) is 13.0 Å². The fourth-order valence-electron chi connectivity index (χ4n) is 2.43. The second kappa shape index (κ2) is 10.8. The Bertz CT molecular complexity index is 329. The predicted octanol–water partition coefficient (Wildman–Crippen LogP) is 5.89. The summed E-state index contributed by atoms with van der Waals surface area (Å²) in [4.78, 5) is 11.6. The molecule has 0 saturated carbocycles. The molecular formula is C16H27F5O2. The van der Waals surface area contributed by atoms with Crippen LogP contribution in [0.2, 0.25) is 0 Å². The maximum absolute atomic E-state index is 12.8. The van der Waals surface area contributed by atoms with Crippen molar-refractivity contribution < 1.29 is 31.5 Å².